The van der Waals surface area contributed by atoms with E-state index in [4.69, 9.17) is 0 Å². The lowest BCUT2D eigenvalue weighted by molar-refractivity contribution is -0.384. The summed E-state index contributed by atoms with van der Waals surface area (Å²) in [5.74, 6) is 0. The minimum absolute atomic E-state index is 0.0466. The van der Waals surface area contributed by atoms with E-state index in [1.54, 1.807) is 12.1 Å². The summed E-state index contributed by atoms with van der Waals surface area (Å²) in [6, 6.07) is 13.9. The Hall–Kier alpha value is -2.76. The minimum Gasteiger partial charge on any atom is -0.375 e. The SMILES string of the molecule is CCCCCCN(C)c1ccc(N=Nc2ccc([N+](=O)[O-])cc2)cc1. The molecule has 0 fully saturated rings. The highest BCUT2D eigenvalue weighted by molar-refractivity contribution is 5.52. The van der Waals surface area contributed by atoms with Crippen molar-refractivity contribution < 1.29 is 4.92 Å². The van der Waals surface area contributed by atoms with Gasteiger partial charge >= 0.3 is 0 Å². The molecule has 0 heterocycles. The lowest BCUT2D eigenvalue weighted by atomic mass is 10.2. The number of nitrogens with zero attached hydrogens (tertiary/aromatic N) is 4. The zero-order valence-electron chi connectivity index (χ0n) is 14.8. The van der Waals surface area contributed by atoms with E-state index < -0.39 is 4.92 Å². The van der Waals surface area contributed by atoms with Gasteiger partial charge in [0.05, 0.1) is 16.3 Å². The second kappa shape index (κ2) is 9.52. The van der Waals surface area contributed by atoms with Crippen LogP contribution in [0, 0.1) is 10.1 Å². The summed E-state index contributed by atoms with van der Waals surface area (Å²) in [6.07, 6.45) is 5.00. The van der Waals surface area contributed by atoms with Crippen molar-refractivity contribution in [3.63, 3.8) is 0 Å². The first-order chi connectivity index (χ1) is 12.1. The first kappa shape index (κ1) is 18.6. The molecule has 0 aliphatic heterocycles. The number of unbranched alkanes of at least 4 members (excludes halogenated alkanes) is 3. The molecule has 2 aromatic rings. The molecule has 6 heteroatoms. The Kier molecular flexibility index (Phi) is 7.07. The maximum atomic E-state index is 10.6. The number of nitro benzene ring substituents is 1. The van der Waals surface area contributed by atoms with Crippen LogP contribution in [0.3, 0.4) is 0 Å². The van der Waals surface area contributed by atoms with Gasteiger partial charge in [-0.15, -0.1) is 0 Å². The van der Waals surface area contributed by atoms with Crippen molar-refractivity contribution in [2.45, 2.75) is 32.6 Å². The number of rotatable bonds is 9. The van der Waals surface area contributed by atoms with Crippen molar-refractivity contribution in [2.75, 3.05) is 18.5 Å². The van der Waals surface area contributed by atoms with Crippen molar-refractivity contribution in [1.82, 2.24) is 0 Å². The van der Waals surface area contributed by atoms with E-state index in [9.17, 15) is 10.1 Å². The van der Waals surface area contributed by atoms with Crippen molar-refractivity contribution in [3.8, 4) is 0 Å². The van der Waals surface area contributed by atoms with Crippen LogP contribution in [0.25, 0.3) is 0 Å². The molecule has 0 aliphatic carbocycles. The van der Waals surface area contributed by atoms with E-state index in [2.05, 4.69) is 29.1 Å². The van der Waals surface area contributed by atoms with Crippen LogP contribution in [0.15, 0.2) is 58.8 Å². The Labute approximate surface area is 148 Å². The Morgan fingerprint density at radius 1 is 0.920 bits per heavy atom. The summed E-state index contributed by atoms with van der Waals surface area (Å²) >= 11 is 0. The van der Waals surface area contributed by atoms with Gasteiger partial charge in [-0.25, -0.2) is 0 Å². The fourth-order valence-corrected chi connectivity index (χ4v) is 2.44. The van der Waals surface area contributed by atoms with Gasteiger partial charge < -0.3 is 4.90 Å². The van der Waals surface area contributed by atoms with Crippen molar-refractivity contribution in [3.05, 3.63) is 58.6 Å². The van der Waals surface area contributed by atoms with Crippen molar-refractivity contribution >= 4 is 22.7 Å². The van der Waals surface area contributed by atoms with Gasteiger partial charge in [0.1, 0.15) is 0 Å². The van der Waals surface area contributed by atoms with Crippen LogP contribution in [0.4, 0.5) is 22.7 Å². The van der Waals surface area contributed by atoms with Crippen LogP contribution in [0.5, 0.6) is 0 Å². The standard InChI is InChI=1S/C19H24N4O2/c1-3-4-5-6-15-22(2)18-11-7-16(8-12-18)20-21-17-9-13-19(14-10-17)23(24)25/h7-14H,3-6,15H2,1-2H3. The fourth-order valence-electron chi connectivity index (χ4n) is 2.44. The Morgan fingerprint density at radius 3 is 2.00 bits per heavy atom. The molecule has 0 atom stereocenters. The molecule has 2 aromatic carbocycles. The summed E-state index contributed by atoms with van der Waals surface area (Å²) in [7, 11) is 2.10. The van der Waals surface area contributed by atoms with Crippen LogP contribution in [-0.2, 0) is 0 Å². The summed E-state index contributed by atoms with van der Waals surface area (Å²) in [4.78, 5) is 12.4. The zero-order valence-corrected chi connectivity index (χ0v) is 14.8. The van der Waals surface area contributed by atoms with E-state index >= 15 is 0 Å². The first-order valence-electron chi connectivity index (χ1n) is 8.57. The molecule has 0 N–H and O–H groups in total. The Bertz CT molecular complexity index is 696. The number of hydrogen-bond acceptors (Lipinski definition) is 5. The monoisotopic (exact) mass is 340 g/mol. The van der Waals surface area contributed by atoms with Crippen LogP contribution in [-0.4, -0.2) is 18.5 Å². The average Bonchev–Trinajstić information content (AvgIpc) is 2.64. The second-order valence-electron chi connectivity index (χ2n) is 5.97. The molecule has 0 saturated carbocycles. The van der Waals surface area contributed by atoms with E-state index in [1.165, 1.54) is 37.8 Å². The molecule has 6 nitrogen and oxygen atoms in total. The van der Waals surface area contributed by atoms with E-state index in [0.717, 1.165) is 17.9 Å². The maximum Gasteiger partial charge on any atom is 0.269 e. The molecule has 0 bridgehead atoms. The largest absolute Gasteiger partial charge is 0.375 e. The van der Waals surface area contributed by atoms with Gasteiger partial charge in [0.15, 0.2) is 0 Å². The molecule has 0 amide bonds. The highest BCUT2D eigenvalue weighted by Crippen LogP contribution is 2.23. The number of azo groups is 1. The molecule has 0 unspecified atom stereocenters. The van der Waals surface area contributed by atoms with E-state index in [0.29, 0.717) is 5.69 Å². The van der Waals surface area contributed by atoms with Crippen LogP contribution in [0.2, 0.25) is 0 Å². The Balaban J connectivity index is 1.91. The van der Waals surface area contributed by atoms with Crippen LogP contribution in [0.1, 0.15) is 32.6 Å². The molecule has 0 aliphatic rings. The molecule has 132 valence electrons. The summed E-state index contributed by atoms with van der Waals surface area (Å²) in [6.45, 7) is 3.26. The third kappa shape index (κ3) is 5.99. The molecule has 0 spiro atoms. The van der Waals surface area contributed by atoms with Gasteiger partial charge in [0, 0.05) is 31.4 Å². The molecule has 25 heavy (non-hydrogen) atoms. The molecular formula is C19H24N4O2. The number of non-ortho nitro benzene ring substituents is 1. The number of anilines is 1. The highest BCUT2D eigenvalue weighted by Gasteiger charge is 2.03. The smallest absolute Gasteiger partial charge is 0.269 e. The van der Waals surface area contributed by atoms with Gasteiger partial charge in [-0.05, 0) is 42.8 Å². The predicted molar refractivity (Wildman–Crippen MR) is 101 cm³/mol. The molecule has 0 saturated heterocycles. The quantitative estimate of drug-likeness (QED) is 0.242. The van der Waals surface area contributed by atoms with E-state index in [-0.39, 0.29) is 5.69 Å². The summed E-state index contributed by atoms with van der Waals surface area (Å²) in [5, 5.41) is 18.9. The van der Waals surface area contributed by atoms with Gasteiger partial charge in [-0.1, -0.05) is 26.2 Å². The van der Waals surface area contributed by atoms with Crippen LogP contribution >= 0.6 is 0 Å². The van der Waals surface area contributed by atoms with Gasteiger partial charge in [0.25, 0.3) is 5.69 Å². The molecule has 0 radical (unpaired) electrons. The lowest BCUT2D eigenvalue weighted by Gasteiger charge is -2.19. The topological polar surface area (TPSA) is 71.1 Å². The van der Waals surface area contributed by atoms with Gasteiger partial charge in [-0.2, -0.15) is 10.2 Å². The third-order valence-corrected chi connectivity index (χ3v) is 3.98. The second-order valence-corrected chi connectivity index (χ2v) is 5.97. The number of hydrogen-bond donors (Lipinski definition) is 0. The molecular weight excluding hydrogens is 316 g/mol. The summed E-state index contributed by atoms with van der Waals surface area (Å²) < 4.78 is 0. The lowest BCUT2D eigenvalue weighted by Crippen LogP contribution is -2.18. The third-order valence-electron chi connectivity index (χ3n) is 3.98. The van der Waals surface area contributed by atoms with Gasteiger partial charge in [-0.3, -0.25) is 10.1 Å². The summed E-state index contributed by atoms with van der Waals surface area (Å²) in [5.41, 5.74) is 2.54. The molecule has 2 rings (SSSR count). The normalized spacial score (nSPS) is 11.0. The van der Waals surface area contributed by atoms with Crippen molar-refractivity contribution in [2.24, 2.45) is 10.2 Å². The fraction of sp³-hybridized carbons (Fsp3) is 0.368. The van der Waals surface area contributed by atoms with E-state index in [1.807, 2.05) is 24.3 Å². The Morgan fingerprint density at radius 2 is 1.48 bits per heavy atom. The maximum absolute atomic E-state index is 10.6. The van der Waals surface area contributed by atoms with Gasteiger partial charge in [0.2, 0.25) is 0 Å². The average molecular weight is 340 g/mol. The van der Waals surface area contributed by atoms with Crippen molar-refractivity contribution in [1.29, 1.82) is 0 Å². The highest BCUT2D eigenvalue weighted by atomic mass is 16.6. The zero-order chi connectivity index (χ0) is 18.1. The predicted octanol–water partition coefficient (Wildman–Crippen LogP) is 6.03. The molecule has 0 aromatic heterocycles. The minimum atomic E-state index is -0.432. The number of nitro groups is 1. The first-order valence-corrected chi connectivity index (χ1v) is 8.57. The van der Waals surface area contributed by atoms with Crippen LogP contribution < -0.4 is 4.90 Å². The number of benzene rings is 2.